The van der Waals surface area contributed by atoms with E-state index < -0.39 is 65.4 Å². The number of rotatable bonds is 6. The SMILES string of the molecule is C[C@@H](O[C@H]1CN2C(=O)CC(NC(=O)c3ccc(C#N)cc3)CC2C1c1ccc(F)cc1)c1cc(C(F)(F)F)cc(C(F)(F)F)c1. The molecule has 0 spiro atoms. The van der Waals surface area contributed by atoms with E-state index in [4.69, 9.17) is 10.00 Å². The molecule has 5 atom stereocenters. The fourth-order valence-corrected chi connectivity index (χ4v) is 6.03. The number of benzene rings is 3. The lowest BCUT2D eigenvalue weighted by atomic mass is 9.84. The van der Waals surface area contributed by atoms with Gasteiger partial charge in [0.15, 0.2) is 0 Å². The molecule has 6 nitrogen and oxygen atoms in total. The molecule has 0 saturated carbocycles. The minimum Gasteiger partial charge on any atom is -0.368 e. The molecule has 0 aromatic heterocycles. The van der Waals surface area contributed by atoms with Gasteiger partial charge in [0.1, 0.15) is 5.82 Å². The molecule has 0 radical (unpaired) electrons. The highest BCUT2D eigenvalue weighted by molar-refractivity contribution is 5.95. The van der Waals surface area contributed by atoms with Crippen LogP contribution in [0.5, 0.6) is 0 Å². The Labute approximate surface area is 253 Å². The van der Waals surface area contributed by atoms with Crippen molar-refractivity contribution in [3.8, 4) is 6.07 Å². The summed E-state index contributed by atoms with van der Waals surface area (Å²) in [5.41, 5.74) is -2.11. The Balaban J connectivity index is 1.42. The maximum atomic E-state index is 13.8. The number of halogens is 7. The molecule has 3 aromatic carbocycles. The van der Waals surface area contributed by atoms with Crippen molar-refractivity contribution >= 4 is 11.8 Å². The number of fused-ring (bicyclic) bond motifs is 1. The molecule has 2 aliphatic rings. The number of piperidine rings is 1. The third-order valence-corrected chi connectivity index (χ3v) is 8.18. The van der Waals surface area contributed by atoms with E-state index in [1.54, 1.807) is 0 Å². The van der Waals surface area contributed by atoms with Gasteiger partial charge in [-0.3, -0.25) is 9.59 Å². The molecule has 3 unspecified atom stereocenters. The standard InChI is InChI=1S/C32H26F7N3O3/c1-17(21-10-22(31(34,35)36)12-23(11-21)32(37,38)39)45-27-16-42-26(29(27)19-6-8-24(33)9-7-19)13-25(14-28(42)43)41-30(44)20-4-2-18(15-40)3-5-20/h2-12,17,25-27,29H,13-14,16H2,1H3,(H,41,44)/t17-,25?,26?,27+,29?/m1/s1. The predicted molar refractivity (Wildman–Crippen MR) is 146 cm³/mol. The van der Waals surface area contributed by atoms with E-state index in [-0.39, 0.29) is 42.5 Å². The second-order valence-electron chi connectivity index (χ2n) is 11.1. The van der Waals surface area contributed by atoms with Crippen molar-refractivity contribution in [2.45, 2.75) is 62.3 Å². The lowest BCUT2D eigenvalue weighted by Crippen LogP contribution is -2.51. The predicted octanol–water partition coefficient (Wildman–Crippen LogP) is 6.77. The number of carbonyl (C=O) groups is 2. The normalized spacial score (nSPS) is 22.5. The number of amides is 2. The summed E-state index contributed by atoms with van der Waals surface area (Å²) >= 11 is 0. The van der Waals surface area contributed by atoms with E-state index >= 15 is 0 Å². The van der Waals surface area contributed by atoms with Gasteiger partial charge in [-0.25, -0.2) is 4.39 Å². The Hall–Kier alpha value is -4.44. The van der Waals surface area contributed by atoms with Crippen molar-refractivity contribution in [3.63, 3.8) is 0 Å². The molecule has 2 saturated heterocycles. The van der Waals surface area contributed by atoms with E-state index in [2.05, 4.69) is 5.32 Å². The molecular weight excluding hydrogens is 607 g/mol. The summed E-state index contributed by atoms with van der Waals surface area (Å²) in [6.07, 6.45) is -12.0. The molecule has 13 heteroatoms. The summed E-state index contributed by atoms with van der Waals surface area (Å²) in [6.45, 7) is 1.31. The van der Waals surface area contributed by atoms with Crippen molar-refractivity contribution in [2.75, 3.05) is 6.54 Å². The van der Waals surface area contributed by atoms with Crippen LogP contribution >= 0.6 is 0 Å². The first kappa shape index (κ1) is 32.0. The number of alkyl halides is 6. The number of nitrogens with one attached hydrogen (secondary N) is 1. The zero-order valence-electron chi connectivity index (χ0n) is 23.6. The number of ether oxygens (including phenoxy) is 1. The molecular formula is C32H26F7N3O3. The summed E-state index contributed by atoms with van der Waals surface area (Å²) in [6, 6.07) is 13.3. The lowest BCUT2D eigenvalue weighted by molar-refractivity contribution is -0.143. The Morgan fingerprint density at radius 1 is 0.978 bits per heavy atom. The fraction of sp³-hybridized carbons (Fsp3) is 0.344. The Morgan fingerprint density at radius 3 is 2.13 bits per heavy atom. The fourth-order valence-electron chi connectivity index (χ4n) is 6.03. The Bertz CT molecular complexity index is 1580. The van der Waals surface area contributed by atoms with Gasteiger partial charge >= 0.3 is 12.4 Å². The van der Waals surface area contributed by atoms with Gasteiger partial charge in [-0.2, -0.15) is 31.6 Å². The van der Waals surface area contributed by atoms with Gasteiger partial charge in [0, 0.05) is 36.5 Å². The third kappa shape index (κ3) is 6.96. The molecule has 0 aliphatic carbocycles. The first-order valence-corrected chi connectivity index (χ1v) is 13.9. The van der Waals surface area contributed by atoms with Crippen LogP contribution < -0.4 is 5.32 Å². The molecule has 0 bridgehead atoms. The maximum Gasteiger partial charge on any atom is 0.416 e. The van der Waals surface area contributed by atoms with Crippen LogP contribution in [0.2, 0.25) is 0 Å². The molecule has 2 amide bonds. The number of hydrogen-bond acceptors (Lipinski definition) is 4. The van der Waals surface area contributed by atoms with E-state index in [0.29, 0.717) is 23.3 Å². The van der Waals surface area contributed by atoms with E-state index in [0.717, 1.165) is 0 Å². The second-order valence-corrected chi connectivity index (χ2v) is 11.1. The highest BCUT2D eigenvalue weighted by Gasteiger charge is 2.49. The van der Waals surface area contributed by atoms with E-state index in [1.165, 1.54) is 60.4 Å². The van der Waals surface area contributed by atoms with Crippen LogP contribution in [0.3, 0.4) is 0 Å². The number of hydrogen-bond donors (Lipinski definition) is 1. The number of nitrogens with zero attached hydrogens (tertiary/aromatic N) is 2. The molecule has 1 N–H and O–H groups in total. The summed E-state index contributed by atoms with van der Waals surface area (Å²) < 4.78 is 101. The average molecular weight is 634 g/mol. The van der Waals surface area contributed by atoms with Crippen molar-refractivity contribution in [1.29, 1.82) is 5.26 Å². The maximum absolute atomic E-state index is 13.8. The van der Waals surface area contributed by atoms with Crippen LogP contribution in [0.4, 0.5) is 30.7 Å². The van der Waals surface area contributed by atoms with Gasteiger partial charge < -0.3 is 15.0 Å². The first-order chi connectivity index (χ1) is 21.1. The third-order valence-electron chi connectivity index (χ3n) is 8.18. The van der Waals surface area contributed by atoms with Gasteiger partial charge in [0.25, 0.3) is 5.91 Å². The first-order valence-electron chi connectivity index (χ1n) is 13.9. The van der Waals surface area contributed by atoms with E-state index in [1.807, 2.05) is 6.07 Å². The Morgan fingerprint density at radius 2 is 1.58 bits per heavy atom. The van der Waals surface area contributed by atoms with Crippen molar-refractivity contribution in [3.05, 3.63) is 106 Å². The molecule has 3 aromatic rings. The van der Waals surface area contributed by atoms with Crippen LogP contribution in [0.15, 0.2) is 66.7 Å². The summed E-state index contributed by atoms with van der Waals surface area (Å²) in [7, 11) is 0. The number of carbonyl (C=O) groups excluding carboxylic acids is 2. The molecule has 2 fully saturated rings. The molecule has 45 heavy (non-hydrogen) atoms. The van der Waals surface area contributed by atoms with Crippen molar-refractivity contribution < 1.29 is 45.1 Å². The van der Waals surface area contributed by atoms with Crippen LogP contribution in [0.25, 0.3) is 0 Å². The smallest absolute Gasteiger partial charge is 0.368 e. The second kappa shape index (κ2) is 12.2. The van der Waals surface area contributed by atoms with Crippen LogP contribution in [-0.4, -0.2) is 41.4 Å². The minimum atomic E-state index is -5.04. The average Bonchev–Trinajstić information content (AvgIpc) is 3.34. The summed E-state index contributed by atoms with van der Waals surface area (Å²) in [5, 5.41) is 11.8. The zero-order valence-corrected chi connectivity index (χ0v) is 23.6. The van der Waals surface area contributed by atoms with Crippen molar-refractivity contribution in [1.82, 2.24) is 10.2 Å². The van der Waals surface area contributed by atoms with Crippen LogP contribution in [-0.2, 0) is 21.9 Å². The van der Waals surface area contributed by atoms with Crippen LogP contribution in [0.1, 0.15) is 70.0 Å². The quantitative estimate of drug-likeness (QED) is 0.304. The summed E-state index contributed by atoms with van der Waals surface area (Å²) in [4.78, 5) is 27.8. The number of nitriles is 1. The molecule has 5 rings (SSSR count). The van der Waals surface area contributed by atoms with Gasteiger partial charge in [-0.15, -0.1) is 0 Å². The van der Waals surface area contributed by atoms with Gasteiger partial charge in [-0.05, 0) is 79.1 Å². The molecule has 236 valence electrons. The topological polar surface area (TPSA) is 82.4 Å². The van der Waals surface area contributed by atoms with Gasteiger partial charge in [-0.1, -0.05) is 12.1 Å². The highest BCUT2D eigenvalue weighted by Crippen LogP contribution is 2.44. The minimum absolute atomic E-state index is 0.0166. The zero-order chi connectivity index (χ0) is 32.7. The Kier molecular flexibility index (Phi) is 8.64. The largest absolute Gasteiger partial charge is 0.416 e. The van der Waals surface area contributed by atoms with Gasteiger partial charge in [0.05, 0.1) is 35.0 Å². The molecule has 2 aliphatic heterocycles. The van der Waals surface area contributed by atoms with Gasteiger partial charge in [0.2, 0.25) is 5.91 Å². The lowest BCUT2D eigenvalue weighted by Gasteiger charge is -2.37. The van der Waals surface area contributed by atoms with Crippen LogP contribution in [0, 0.1) is 17.1 Å². The van der Waals surface area contributed by atoms with E-state index in [9.17, 15) is 40.3 Å². The summed E-state index contributed by atoms with van der Waals surface area (Å²) in [5.74, 6) is -1.97. The monoisotopic (exact) mass is 633 g/mol. The molecule has 2 heterocycles. The van der Waals surface area contributed by atoms with Crippen molar-refractivity contribution in [2.24, 2.45) is 0 Å². The highest BCUT2D eigenvalue weighted by atomic mass is 19.4.